The van der Waals surface area contributed by atoms with Crippen LogP contribution in [0.5, 0.6) is 0 Å². The number of rotatable bonds is 12. The van der Waals surface area contributed by atoms with E-state index in [-0.39, 0.29) is 96.7 Å². The van der Waals surface area contributed by atoms with Gasteiger partial charge in [0.05, 0.1) is 0 Å². The fraction of sp³-hybridized carbons (Fsp3) is 1.00. The van der Waals surface area contributed by atoms with Crippen LogP contribution in [0, 0.1) is 0 Å². The standard InChI is InChI=1S/2C9H23N3.2Sr.4H/c2*1-10(2)6-8-12(5)9-7-11(3)4;;;;;;/h2*6-9H2,1-5H3;;;;;;/q;;2*+2;4*-1. The van der Waals surface area contributed by atoms with Crippen LogP contribution in [0.15, 0.2) is 0 Å². The second kappa shape index (κ2) is 24.0. The van der Waals surface area contributed by atoms with Gasteiger partial charge in [0, 0.05) is 52.4 Å². The van der Waals surface area contributed by atoms with Crippen LogP contribution in [0.25, 0.3) is 0 Å². The van der Waals surface area contributed by atoms with E-state index in [4.69, 9.17) is 0 Å². The Hall–Kier alpha value is 2.72. The van der Waals surface area contributed by atoms with E-state index in [2.05, 4.69) is 99.9 Å². The molecule has 0 amide bonds. The molecule has 8 heteroatoms. The van der Waals surface area contributed by atoms with Gasteiger partial charge in [0.1, 0.15) is 0 Å². The molecule has 0 fully saturated rings. The fourth-order valence-corrected chi connectivity index (χ4v) is 1.71. The third-order valence-electron chi connectivity index (χ3n) is 3.72. The van der Waals surface area contributed by atoms with Gasteiger partial charge in [-0.15, -0.1) is 0 Å². The van der Waals surface area contributed by atoms with E-state index in [1.807, 2.05) is 0 Å². The average Bonchev–Trinajstić information content (AvgIpc) is 2.47. The Labute approximate surface area is 245 Å². The van der Waals surface area contributed by atoms with Gasteiger partial charge in [-0.05, 0) is 70.5 Å². The minimum atomic E-state index is 0. The van der Waals surface area contributed by atoms with Crippen LogP contribution in [0.1, 0.15) is 5.71 Å². The van der Waals surface area contributed by atoms with Gasteiger partial charge in [0.25, 0.3) is 0 Å². The molecule has 0 saturated carbocycles. The number of hydrogen-bond acceptors (Lipinski definition) is 6. The van der Waals surface area contributed by atoms with Gasteiger partial charge in [0.2, 0.25) is 0 Å². The third kappa shape index (κ3) is 34.2. The minimum absolute atomic E-state index is 0. The molecule has 0 aliphatic carbocycles. The Bertz CT molecular complexity index is 233. The first-order valence-corrected chi connectivity index (χ1v) is 9.00. The van der Waals surface area contributed by atoms with Crippen molar-refractivity contribution in [3.8, 4) is 0 Å². The summed E-state index contributed by atoms with van der Waals surface area (Å²) >= 11 is 0. The van der Waals surface area contributed by atoms with Gasteiger partial charge in [-0.2, -0.15) is 0 Å². The minimum Gasteiger partial charge on any atom is -1.00 e. The van der Waals surface area contributed by atoms with Gasteiger partial charge in [-0.3, -0.25) is 0 Å². The normalized spacial score (nSPS) is 11.1. The SMILES string of the molecule is CN(C)CCN(C)CCN(C)C.CN(C)CCN(C)CCN(C)C.[H-].[H-].[H-].[H-].[Sr+2].[Sr+2]. The summed E-state index contributed by atoms with van der Waals surface area (Å²) in [5, 5.41) is 0. The van der Waals surface area contributed by atoms with Gasteiger partial charge in [-0.25, -0.2) is 0 Å². The van der Waals surface area contributed by atoms with Crippen molar-refractivity contribution < 1.29 is 5.71 Å². The third-order valence-corrected chi connectivity index (χ3v) is 3.72. The predicted octanol–water partition coefficient (Wildman–Crippen LogP) is -0.229. The first-order valence-electron chi connectivity index (χ1n) is 9.00. The predicted molar refractivity (Wildman–Crippen MR) is 125 cm³/mol. The summed E-state index contributed by atoms with van der Waals surface area (Å²) < 4.78 is 0. The summed E-state index contributed by atoms with van der Waals surface area (Å²) in [4.78, 5) is 13.6. The average molecular weight is 526 g/mol. The summed E-state index contributed by atoms with van der Waals surface area (Å²) in [7, 11) is 21.2. The quantitative estimate of drug-likeness (QED) is 0.326. The van der Waals surface area contributed by atoms with Crippen molar-refractivity contribution in [2.24, 2.45) is 0 Å². The largest absolute Gasteiger partial charge is 2.00 e. The van der Waals surface area contributed by atoms with Crippen LogP contribution in [-0.2, 0) is 0 Å². The van der Waals surface area contributed by atoms with E-state index in [1.54, 1.807) is 0 Å². The molecule has 0 N–H and O–H groups in total. The van der Waals surface area contributed by atoms with Crippen molar-refractivity contribution in [3.05, 3.63) is 0 Å². The first-order chi connectivity index (χ1) is 11.0. The zero-order chi connectivity index (χ0) is 19.1. The zero-order valence-corrected chi connectivity index (χ0v) is 26.7. The van der Waals surface area contributed by atoms with Crippen LogP contribution in [0.3, 0.4) is 0 Å². The number of hydrogen-bond donors (Lipinski definition) is 0. The van der Waals surface area contributed by atoms with Crippen LogP contribution >= 0.6 is 0 Å². The molecular weight excluding hydrogens is 475 g/mol. The van der Waals surface area contributed by atoms with E-state index in [0.29, 0.717) is 0 Å². The maximum Gasteiger partial charge on any atom is 2.00 e. The Morgan fingerprint density at radius 3 is 0.615 bits per heavy atom. The number of likely N-dealkylation sites (N-methyl/N-ethyl adjacent to an activating group) is 6. The molecule has 0 aromatic rings. The zero-order valence-electron chi connectivity index (χ0n) is 23.8. The molecule has 156 valence electrons. The summed E-state index contributed by atoms with van der Waals surface area (Å²) in [6.07, 6.45) is 0. The van der Waals surface area contributed by atoms with Gasteiger partial charge in [-0.1, -0.05) is 0 Å². The Morgan fingerprint density at radius 2 is 0.500 bits per heavy atom. The maximum atomic E-state index is 2.36. The molecule has 26 heavy (non-hydrogen) atoms. The molecule has 0 aromatic carbocycles. The van der Waals surface area contributed by atoms with Crippen LogP contribution in [0.2, 0.25) is 0 Å². The molecule has 0 radical (unpaired) electrons. The van der Waals surface area contributed by atoms with E-state index in [1.165, 1.54) is 0 Å². The smallest absolute Gasteiger partial charge is 1.00 e. The van der Waals surface area contributed by atoms with E-state index >= 15 is 0 Å². The van der Waals surface area contributed by atoms with Crippen molar-refractivity contribution in [1.29, 1.82) is 0 Å². The second-order valence-corrected chi connectivity index (χ2v) is 7.82. The van der Waals surface area contributed by atoms with Gasteiger partial charge in [0.15, 0.2) is 0 Å². The molecule has 0 heterocycles. The van der Waals surface area contributed by atoms with Crippen molar-refractivity contribution in [1.82, 2.24) is 29.4 Å². The second-order valence-electron chi connectivity index (χ2n) is 7.82. The van der Waals surface area contributed by atoms with E-state index in [0.717, 1.165) is 52.4 Å². The molecule has 6 nitrogen and oxygen atoms in total. The van der Waals surface area contributed by atoms with Gasteiger partial charge < -0.3 is 35.1 Å². The summed E-state index contributed by atoms with van der Waals surface area (Å²) in [5.41, 5.74) is 0. The van der Waals surface area contributed by atoms with Crippen LogP contribution in [0.4, 0.5) is 0 Å². The van der Waals surface area contributed by atoms with E-state index < -0.39 is 0 Å². The monoisotopic (exact) mass is 526 g/mol. The fourth-order valence-electron chi connectivity index (χ4n) is 1.71. The van der Waals surface area contributed by atoms with Crippen molar-refractivity contribution in [2.45, 2.75) is 0 Å². The topological polar surface area (TPSA) is 19.4 Å². The molecule has 0 spiro atoms. The molecule has 0 bridgehead atoms. The summed E-state index contributed by atoms with van der Waals surface area (Å²) in [6.45, 7) is 9.19. The van der Waals surface area contributed by atoms with Crippen LogP contribution in [-0.4, -0.2) is 243 Å². The van der Waals surface area contributed by atoms with Gasteiger partial charge >= 0.3 is 91.0 Å². The molecular formula is C18H50N6Sr2. The van der Waals surface area contributed by atoms with Crippen molar-refractivity contribution >= 4 is 91.0 Å². The maximum absolute atomic E-state index is 2.36. The first kappa shape index (κ1) is 36.1. The Kier molecular flexibility index (Phi) is 33.3. The molecule has 0 aliphatic heterocycles. The van der Waals surface area contributed by atoms with E-state index in [9.17, 15) is 0 Å². The molecule has 0 saturated heterocycles. The Morgan fingerprint density at radius 1 is 0.346 bits per heavy atom. The molecule has 0 atom stereocenters. The summed E-state index contributed by atoms with van der Waals surface area (Å²) in [6, 6.07) is 0. The van der Waals surface area contributed by atoms with Crippen LogP contribution < -0.4 is 0 Å². The van der Waals surface area contributed by atoms with Crippen molar-refractivity contribution in [3.63, 3.8) is 0 Å². The molecule has 0 unspecified atom stereocenters. The van der Waals surface area contributed by atoms with Crippen molar-refractivity contribution in [2.75, 3.05) is 123 Å². The summed E-state index contributed by atoms with van der Waals surface area (Å²) in [5.74, 6) is 0. The molecule has 0 aliphatic rings. The molecule has 0 aromatic heterocycles. The molecule has 0 rings (SSSR count). The Balaban J connectivity index is -0.0000000448. The number of nitrogens with zero attached hydrogens (tertiary/aromatic N) is 6.